The van der Waals surface area contributed by atoms with Crippen molar-refractivity contribution in [1.82, 2.24) is 9.80 Å². The van der Waals surface area contributed by atoms with E-state index >= 15 is 0 Å². The second-order valence-electron chi connectivity index (χ2n) is 10.9. The summed E-state index contributed by atoms with van der Waals surface area (Å²) in [5.74, 6) is -5.03. The molecule has 0 unspecified atom stereocenters. The summed E-state index contributed by atoms with van der Waals surface area (Å²) in [7, 11) is 0. The van der Waals surface area contributed by atoms with Gasteiger partial charge in [0, 0.05) is 30.8 Å². The van der Waals surface area contributed by atoms with Gasteiger partial charge >= 0.3 is 23.9 Å². The van der Waals surface area contributed by atoms with Crippen molar-refractivity contribution in [3.63, 3.8) is 0 Å². The summed E-state index contributed by atoms with van der Waals surface area (Å²) in [6, 6.07) is 0. The average molecular weight is 569 g/mol. The van der Waals surface area contributed by atoms with Gasteiger partial charge in [-0.1, -0.05) is 40.5 Å². The molecule has 10 heteroatoms. The smallest absolute Gasteiger partial charge is 0.328 e. The Kier molecular flexibility index (Phi) is 18.8. The summed E-state index contributed by atoms with van der Waals surface area (Å²) in [4.78, 5) is 43.6. The molecular formula is C30H52N2O8. The van der Waals surface area contributed by atoms with E-state index in [1.165, 1.54) is 103 Å². The second-order valence-corrected chi connectivity index (χ2v) is 10.9. The van der Waals surface area contributed by atoms with Gasteiger partial charge in [0.2, 0.25) is 0 Å². The van der Waals surface area contributed by atoms with Crippen LogP contribution in [0.3, 0.4) is 0 Å². The van der Waals surface area contributed by atoms with E-state index in [4.69, 9.17) is 20.4 Å². The van der Waals surface area contributed by atoms with Crippen molar-refractivity contribution < 1.29 is 39.6 Å². The number of hydrogen-bond acceptors (Lipinski definition) is 6. The first kappa shape index (κ1) is 37.3. The number of carboxylic acid groups (broad SMARTS) is 4. The molecule has 230 valence electrons. The van der Waals surface area contributed by atoms with Gasteiger partial charge in [-0.3, -0.25) is 0 Å². The van der Waals surface area contributed by atoms with Gasteiger partial charge in [0.1, 0.15) is 0 Å². The van der Waals surface area contributed by atoms with E-state index in [1.54, 1.807) is 0 Å². The number of likely N-dealkylation sites (tertiary alicyclic amines) is 1. The first-order valence-corrected chi connectivity index (χ1v) is 14.6. The highest BCUT2D eigenvalue weighted by atomic mass is 16.4. The summed E-state index contributed by atoms with van der Waals surface area (Å²) in [5, 5.41) is 31.2. The molecular weight excluding hydrogens is 516 g/mol. The van der Waals surface area contributed by atoms with Gasteiger partial charge in [0.25, 0.3) is 0 Å². The predicted molar refractivity (Wildman–Crippen MR) is 155 cm³/mol. The summed E-state index contributed by atoms with van der Waals surface area (Å²) < 4.78 is 0. The van der Waals surface area contributed by atoms with E-state index in [2.05, 4.69) is 37.5 Å². The largest absolute Gasteiger partial charge is 0.478 e. The Balaban J connectivity index is 0.000000780. The normalized spacial score (nSPS) is 17.8. The molecule has 0 amide bonds. The number of aliphatic carboxylic acids is 4. The van der Waals surface area contributed by atoms with E-state index in [0.717, 1.165) is 0 Å². The van der Waals surface area contributed by atoms with Crippen LogP contribution >= 0.6 is 0 Å². The maximum absolute atomic E-state index is 9.55. The summed E-state index contributed by atoms with van der Waals surface area (Å²) in [6.07, 6.45) is 16.8. The maximum Gasteiger partial charge on any atom is 0.328 e. The van der Waals surface area contributed by atoms with Gasteiger partial charge in [-0.15, -0.1) is 0 Å². The highest BCUT2D eigenvalue weighted by Crippen LogP contribution is 2.53. The zero-order valence-electron chi connectivity index (χ0n) is 24.9. The summed E-state index contributed by atoms with van der Waals surface area (Å²) in [5.41, 5.74) is 1.41. The summed E-state index contributed by atoms with van der Waals surface area (Å²) in [6.45, 7) is 17.1. The zero-order chi connectivity index (χ0) is 30.6. The minimum absolute atomic E-state index is 0.558. The van der Waals surface area contributed by atoms with Gasteiger partial charge in [0.05, 0.1) is 0 Å². The van der Waals surface area contributed by atoms with Gasteiger partial charge in [0.15, 0.2) is 0 Å². The highest BCUT2D eigenvalue weighted by molar-refractivity contribution is 5.90. The molecule has 0 atom stereocenters. The minimum Gasteiger partial charge on any atom is -0.478 e. The zero-order valence-corrected chi connectivity index (χ0v) is 24.9. The standard InChI is InChI=1S/C22H44N2.2C4H4O4/c1-5-10-21(11-6-2)12-14-22(15-13-21)16-19-24(20-22)18-9-17-23(7-3)8-4;2*5-3(6)1-2-4(7)8/h5-20H2,1-4H3;2*1-2H,(H,5,6)(H,7,8)/b;2*2-1-. The molecule has 1 spiro atoms. The van der Waals surface area contributed by atoms with Gasteiger partial charge < -0.3 is 30.2 Å². The Morgan fingerprint density at radius 3 is 1.48 bits per heavy atom. The van der Waals surface area contributed by atoms with Gasteiger partial charge in [-0.05, 0) is 94.9 Å². The number of nitrogens with zero attached hydrogens (tertiary/aromatic N) is 2. The van der Waals surface area contributed by atoms with Crippen LogP contribution in [0.15, 0.2) is 24.3 Å². The van der Waals surface area contributed by atoms with E-state index in [0.29, 0.717) is 35.1 Å². The highest BCUT2D eigenvalue weighted by Gasteiger charge is 2.44. The molecule has 1 saturated carbocycles. The Hall–Kier alpha value is -2.72. The molecule has 0 radical (unpaired) electrons. The second kappa shape index (κ2) is 20.2. The van der Waals surface area contributed by atoms with Crippen LogP contribution in [0.25, 0.3) is 0 Å². The number of carboxylic acids is 4. The monoisotopic (exact) mass is 568 g/mol. The number of carbonyl (C=O) groups is 4. The summed E-state index contributed by atoms with van der Waals surface area (Å²) >= 11 is 0. The lowest BCUT2D eigenvalue weighted by Gasteiger charge is -2.45. The van der Waals surface area contributed by atoms with Gasteiger partial charge in [-0.2, -0.15) is 0 Å². The third kappa shape index (κ3) is 16.4. The molecule has 2 rings (SSSR count). The van der Waals surface area contributed by atoms with Gasteiger partial charge in [-0.25, -0.2) is 19.2 Å². The van der Waals surface area contributed by atoms with Crippen molar-refractivity contribution in [3.8, 4) is 0 Å². The van der Waals surface area contributed by atoms with Crippen LogP contribution in [-0.4, -0.2) is 93.4 Å². The van der Waals surface area contributed by atoms with Crippen LogP contribution in [0.5, 0.6) is 0 Å². The van der Waals surface area contributed by atoms with Crippen molar-refractivity contribution >= 4 is 23.9 Å². The van der Waals surface area contributed by atoms with Crippen molar-refractivity contribution in [2.75, 3.05) is 39.3 Å². The van der Waals surface area contributed by atoms with Crippen LogP contribution in [0.1, 0.15) is 91.9 Å². The van der Waals surface area contributed by atoms with E-state index < -0.39 is 23.9 Å². The van der Waals surface area contributed by atoms with Crippen molar-refractivity contribution in [3.05, 3.63) is 24.3 Å². The number of hydrogen-bond donors (Lipinski definition) is 4. The molecule has 1 aliphatic heterocycles. The molecule has 0 aromatic rings. The minimum atomic E-state index is -1.26. The van der Waals surface area contributed by atoms with Crippen LogP contribution in [0.4, 0.5) is 0 Å². The van der Waals surface area contributed by atoms with E-state index in [-0.39, 0.29) is 0 Å². The third-order valence-electron chi connectivity index (χ3n) is 8.03. The number of rotatable bonds is 14. The van der Waals surface area contributed by atoms with E-state index in [9.17, 15) is 19.2 Å². The van der Waals surface area contributed by atoms with Crippen LogP contribution in [0, 0.1) is 10.8 Å². The molecule has 1 aliphatic carbocycles. The first-order valence-electron chi connectivity index (χ1n) is 14.6. The molecule has 1 heterocycles. The molecule has 2 aliphatic rings. The molecule has 0 bridgehead atoms. The Morgan fingerprint density at radius 2 is 1.12 bits per heavy atom. The first-order chi connectivity index (χ1) is 18.9. The molecule has 0 aromatic carbocycles. The van der Waals surface area contributed by atoms with Crippen LogP contribution in [0.2, 0.25) is 0 Å². The molecule has 40 heavy (non-hydrogen) atoms. The quantitative estimate of drug-likeness (QED) is 0.210. The fraction of sp³-hybridized carbons (Fsp3) is 0.733. The topological polar surface area (TPSA) is 156 Å². The average Bonchev–Trinajstić information content (AvgIpc) is 3.30. The lowest BCUT2D eigenvalue weighted by molar-refractivity contribution is -0.134. The third-order valence-corrected chi connectivity index (χ3v) is 8.03. The molecule has 0 aromatic heterocycles. The maximum atomic E-state index is 9.55. The van der Waals surface area contributed by atoms with Crippen molar-refractivity contribution in [1.29, 1.82) is 0 Å². The predicted octanol–water partition coefficient (Wildman–Crippen LogP) is 4.99. The fourth-order valence-electron chi connectivity index (χ4n) is 5.97. The fourth-order valence-corrected chi connectivity index (χ4v) is 5.97. The Bertz CT molecular complexity index is 754. The van der Waals surface area contributed by atoms with Crippen LogP contribution in [-0.2, 0) is 19.2 Å². The van der Waals surface area contributed by atoms with Crippen LogP contribution < -0.4 is 0 Å². The Labute approximate surface area is 239 Å². The van der Waals surface area contributed by atoms with Crippen molar-refractivity contribution in [2.45, 2.75) is 91.9 Å². The lowest BCUT2D eigenvalue weighted by atomic mass is 9.60. The van der Waals surface area contributed by atoms with Crippen molar-refractivity contribution in [2.24, 2.45) is 10.8 Å². The molecule has 4 N–H and O–H groups in total. The molecule has 1 saturated heterocycles. The molecule has 10 nitrogen and oxygen atoms in total. The lowest BCUT2D eigenvalue weighted by Crippen LogP contribution is -2.37. The van der Waals surface area contributed by atoms with E-state index in [1.807, 2.05) is 0 Å². The molecule has 2 fully saturated rings. The SMILES string of the molecule is CCCC1(CCC)CCC2(CCN(CCCN(CC)CC)C2)CC1.O=C(O)/C=C\C(=O)O.O=C(O)/C=C\C(=O)O. The Morgan fingerprint density at radius 1 is 0.700 bits per heavy atom.